The second-order valence-corrected chi connectivity index (χ2v) is 6.74. The van der Waals surface area contributed by atoms with Crippen molar-refractivity contribution in [3.8, 4) is 5.75 Å². The fraction of sp³-hybridized carbons (Fsp3) is 0.529. The number of carboxylic acids is 1. The fourth-order valence-corrected chi connectivity index (χ4v) is 3.08. The minimum Gasteiger partial charge on any atom is -0.476 e. The Balaban J connectivity index is 2.44. The number of carboxylic acid groups (broad SMARTS) is 1. The van der Waals surface area contributed by atoms with Crippen LogP contribution in [0.25, 0.3) is 0 Å². The zero-order valence-electron chi connectivity index (χ0n) is 15.7. The standard InChI is InChI=1S/C17H22N2O11/c1-8(21)18-13-11(22)6-17(16(25)26,30-15(13)14(24)12(23)7-20)29-10-4-2-3-9(5-10)19(27)28/h2-5,11-15,20,22-24H,6-7H2,1H3,(H,18,21)(H,25,26)/t11-,12+,13+,14+,15+,17-/m0/s1. The maximum absolute atomic E-state index is 12.0. The van der Waals surface area contributed by atoms with Crippen LogP contribution in [0.2, 0.25) is 0 Å². The zero-order valence-corrected chi connectivity index (χ0v) is 15.7. The van der Waals surface area contributed by atoms with Gasteiger partial charge in [0.25, 0.3) is 5.69 Å². The third-order valence-corrected chi connectivity index (χ3v) is 4.50. The van der Waals surface area contributed by atoms with Gasteiger partial charge in [0.05, 0.1) is 36.2 Å². The topological polar surface area (TPSA) is 209 Å². The van der Waals surface area contributed by atoms with Crippen molar-refractivity contribution >= 4 is 17.6 Å². The van der Waals surface area contributed by atoms with Gasteiger partial charge in [0.2, 0.25) is 5.91 Å². The van der Waals surface area contributed by atoms with Crippen LogP contribution in [0.15, 0.2) is 24.3 Å². The summed E-state index contributed by atoms with van der Waals surface area (Å²) in [4.78, 5) is 33.7. The van der Waals surface area contributed by atoms with Crippen molar-refractivity contribution in [1.29, 1.82) is 0 Å². The Morgan fingerprint density at radius 3 is 2.63 bits per heavy atom. The monoisotopic (exact) mass is 430 g/mol. The number of aliphatic carboxylic acids is 1. The van der Waals surface area contributed by atoms with E-state index in [2.05, 4.69) is 5.32 Å². The summed E-state index contributed by atoms with van der Waals surface area (Å²) < 4.78 is 10.8. The number of hydrogen-bond acceptors (Lipinski definition) is 10. The molecule has 0 aliphatic carbocycles. The summed E-state index contributed by atoms with van der Waals surface area (Å²) in [5, 5.41) is 62.7. The van der Waals surface area contributed by atoms with E-state index in [-0.39, 0.29) is 5.75 Å². The number of benzene rings is 1. The summed E-state index contributed by atoms with van der Waals surface area (Å²) in [6.45, 7) is 0.188. The molecule has 1 fully saturated rings. The molecule has 0 unspecified atom stereocenters. The van der Waals surface area contributed by atoms with Gasteiger partial charge in [-0.2, -0.15) is 0 Å². The van der Waals surface area contributed by atoms with E-state index >= 15 is 0 Å². The number of non-ortho nitro benzene ring substituents is 1. The van der Waals surface area contributed by atoms with Gasteiger partial charge in [-0.15, -0.1) is 0 Å². The predicted octanol–water partition coefficient (Wildman–Crippen LogP) is -1.88. The van der Waals surface area contributed by atoms with Crippen LogP contribution in [-0.4, -0.2) is 85.2 Å². The molecule has 1 saturated heterocycles. The number of carbonyl (C=O) groups excluding carboxylic acids is 1. The molecule has 0 saturated carbocycles. The first-order chi connectivity index (χ1) is 14.0. The van der Waals surface area contributed by atoms with Gasteiger partial charge in [0, 0.05) is 13.0 Å². The lowest BCUT2D eigenvalue weighted by molar-refractivity contribution is -0.385. The van der Waals surface area contributed by atoms with E-state index in [1.165, 1.54) is 12.1 Å². The second-order valence-electron chi connectivity index (χ2n) is 6.74. The summed E-state index contributed by atoms with van der Waals surface area (Å²) in [5.41, 5.74) is -0.396. The van der Waals surface area contributed by atoms with Crippen molar-refractivity contribution < 1.29 is 49.5 Å². The Bertz CT molecular complexity index is 804. The van der Waals surface area contributed by atoms with Gasteiger partial charge in [-0.25, -0.2) is 4.79 Å². The van der Waals surface area contributed by atoms with Crippen LogP contribution in [0.5, 0.6) is 5.75 Å². The third-order valence-electron chi connectivity index (χ3n) is 4.50. The van der Waals surface area contributed by atoms with Crippen LogP contribution in [0, 0.1) is 10.1 Å². The van der Waals surface area contributed by atoms with Crippen molar-refractivity contribution in [2.24, 2.45) is 0 Å². The first-order valence-corrected chi connectivity index (χ1v) is 8.77. The lowest BCUT2D eigenvalue weighted by Gasteiger charge is -2.46. The van der Waals surface area contributed by atoms with Crippen LogP contribution < -0.4 is 10.1 Å². The molecule has 0 spiro atoms. The number of nitrogens with one attached hydrogen (secondary N) is 1. The van der Waals surface area contributed by atoms with Crippen LogP contribution in [0.4, 0.5) is 5.69 Å². The minimum absolute atomic E-state index is 0.271. The number of nitro groups is 1. The summed E-state index contributed by atoms with van der Waals surface area (Å²) in [7, 11) is 0. The van der Waals surface area contributed by atoms with Gasteiger partial charge >= 0.3 is 11.8 Å². The maximum atomic E-state index is 12.0. The fourth-order valence-electron chi connectivity index (χ4n) is 3.08. The summed E-state index contributed by atoms with van der Waals surface area (Å²) in [5.74, 6) is -5.26. The molecule has 1 heterocycles. The van der Waals surface area contributed by atoms with E-state index in [0.717, 1.165) is 19.1 Å². The molecule has 13 nitrogen and oxygen atoms in total. The Morgan fingerprint density at radius 1 is 1.43 bits per heavy atom. The van der Waals surface area contributed by atoms with Crippen LogP contribution in [-0.2, 0) is 14.3 Å². The van der Waals surface area contributed by atoms with Crippen LogP contribution in [0.1, 0.15) is 13.3 Å². The van der Waals surface area contributed by atoms with Crippen molar-refractivity contribution in [2.75, 3.05) is 6.61 Å². The van der Waals surface area contributed by atoms with Crippen molar-refractivity contribution in [3.63, 3.8) is 0 Å². The molecule has 166 valence electrons. The van der Waals surface area contributed by atoms with E-state index in [4.69, 9.17) is 14.6 Å². The Morgan fingerprint density at radius 2 is 2.10 bits per heavy atom. The summed E-state index contributed by atoms with van der Waals surface area (Å²) >= 11 is 0. The smallest absolute Gasteiger partial charge is 0.377 e. The van der Waals surface area contributed by atoms with E-state index in [0.29, 0.717) is 0 Å². The minimum atomic E-state index is -2.62. The van der Waals surface area contributed by atoms with Gasteiger partial charge < -0.3 is 40.3 Å². The van der Waals surface area contributed by atoms with Crippen molar-refractivity contribution in [3.05, 3.63) is 34.4 Å². The molecule has 0 aromatic heterocycles. The van der Waals surface area contributed by atoms with Crippen LogP contribution >= 0.6 is 0 Å². The highest BCUT2D eigenvalue weighted by Gasteiger charge is 2.56. The number of carbonyl (C=O) groups is 2. The normalized spacial score (nSPS) is 28.2. The predicted molar refractivity (Wildman–Crippen MR) is 96.3 cm³/mol. The molecule has 1 aliphatic heterocycles. The van der Waals surface area contributed by atoms with Gasteiger partial charge in [-0.1, -0.05) is 6.07 Å². The lowest BCUT2D eigenvalue weighted by atomic mass is 9.88. The molecule has 2 rings (SSSR count). The molecule has 1 aliphatic rings. The molecular weight excluding hydrogens is 408 g/mol. The SMILES string of the molecule is CC(=O)N[C@H]1[C@H]([C@H](O)[C@H](O)CO)O[C@](Oc2cccc([N+](=O)[O-])c2)(C(=O)O)C[C@@H]1O. The van der Waals surface area contributed by atoms with Crippen molar-refractivity contribution in [1.82, 2.24) is 5.32 Å². The van der Waals surface area contributed by atoms with Crippen LogP contribution in [0.3, 0.4) is 0 Å². The maximum Gasteiger partial charge on any atom is 0.377 e. The summed E-state index contributed by atoms with van der Waals surface area (Å²) in [6.07, 6.45) is -7.78. The van der Waals surface area contributed by atoms with Crippen molar-refractivity contribution in [2.45, 2.75) is 49.6 Å². The molecule has 1 aromatic rings. The average Bonchev–Trinajstić information content (AvgIpc) is 2.68. The first-order valence-electron chi connectivity index (χ1n) is 8.77. The highest BCUT2D eigenvalue weighted by Crippen LogP contribution is 2.35. The largest absolute Gasteiger partial charge is 0.476 e. The van der Waals surface area contributed by atoms with E-state index in [1.807, 2.05) is 0 Å². The highest BCUT2D eigenvalue weighted by molar-refractivity contribution is 5.77. The number of ether oxygens (including phenoxy) is 2. The van der Waals surface area contributed by atoms with E-state index in [9.17, 15) is 40.1 Å². The zero-order chi connectivity index (χ0) is 22.6. The number of hydrogen-bond donors (Lipinski definition) is 6. The number of nitrogens with zero attached hydrogens (tertiary/aromatic N) is 1. The van der Waals surface area contributed by atoms with Gasteiger partial charge in [0.1, 0.15) is 24.1 Å². The number of rotatable bonds is 8. The van der Waals surface area contributed by atoms with E-state index in [1.54, 1.807) is 0 Å². The first kappa shape index (κ1) is 23.4. The van der Waals surface area contributed by atoms with Gasteiger partial charge in [-0.3, -0.25) is 14.9 Å². The highest BCUT2D eigenvalue weighted by atomic mass is 16.7. The average molecular weight is 430 g/mol. The summed E-state index contributed by atoms with van der Waals surface area (Å²) in [6, 6.07) is 3.20. The number of amides is 1. The number of nitro benzene ring substituents is 1. The number of aliphatic hydroxyl groups is 4. The molecule has 0 bridgehead atoms. The molecule has 30 heavy (non-hydrogen) atoms. The van der Waals surface area contributed by atoms with Gasteiger partial charge in [0.15, 0.2) is 0 Å². The third kappa shape index (κ3) is 5.01. The molecule has 6 N–H and O–H groups in total. The molecule has 1 amide bonds. The Kier molecular flexibility index (Phi) is 7.28. The number of aliphatic hydroxyl groups excluding tert-OH is 4. The molecular formula is C17H22N2O11. The molecule has 0 radical (unpaired) electrons. The Hall–Kier alpha value is -2.84. The quantitative estimate of drug-likeness (QED) is 0.199. The Labute approximate surface area is 169 Å². The van der Waals surface area contributed by atoms with E-state index < -0.39 is 71.8 Å². The molecule has 1 aromatic carbocycles. The second kappa shape index (κ2) is 9.32. The lowest BCUT2D eigenvalue weighted by Crippen LogP contribution is -2.68. The molecule has 6 atom stereocenters. The molecule has 13 heteroatoms. The van der Waals surface area contributed by atoms with Gasteiger partial charge in [-0.05, 0) is 6.07 Å².